The number of hydrogen-bond acceptors (Lipinski definition) is 6. The summed E-state index contributed by atoms with van der Waals surface area (Å²) in [5, 5.41) is 0. The molecule has 0 unspecified atom stereocenters. The van der Waals surface area contributed by atoms with Crippen molar-refractivity contribution >= 4 is 40.3 Å². The number of likely N-dealkylation sites (N-methyl/N-ethyl adjacent to an activating group) is 1. The Bertz CT molecular complexity index is 942. The molecule has 0 radical (unpaired) electrons. The summed E-state index contributed by atoms with van der Waals surface area (Å²) in [7, 11) is 1.68. The van der Waals surface area contributed by atoms with Crippen molar-refractivity contribution in [3.05, 3.63) is 58.5 Å². The van der Waals surface area contributed by atoms with Crippen molar-refractivity contribution < 1.29 is 19.0 Å². The quantitative estimate of drug-likeness (QED) is 0.345. The van der Waals surface area contributed by atoms with Gasteiger partial charge in [0, 0.05) is 7.05 Å². The Morgan fingerprint density at radius 2 is 1.86 bits per heavy atom. The minimum Gasteiger partial charge on any atom is -0.490 e. The van der Waals surface area contributed by atoms with E-state index in [0.29, 0.717) is 40.5 Å². The molecule has 0 spiro atoms. The lowest BCUT2D eigenvalue weighted by Gasteiger charge is -2.13. The maximum Gasteiger partial charge on any atom is 0.265 e. The molecular formula is C22H23NO4S2. The molecule has 1 aliphatic heterocycles. The zero-order valence-electron chi connectivity index (χ0n) is 16.6. The van der Waals surface area contributed by atoms with Crippen LogP contribution in [-0.2, 0) is 4.79 Å². The first-order valence-electron chi connectivity index (χ1n) is 9.28. The van der Waals surface area contributed by atoms with E-state index >= 15 is 0 Å². The van der Waals surface area contributed by atoms with Crippen LogP contribution in [0.15, 0.2) is 47.4 Å². The molecule has 2 aromatic carbocycles. The molecule has 1 aliphatic rings. The first-order valence-corrected chi connectivity index (χ1v) is 10.5. The van der Waals surface area contributed by atoms with Gasteiger partial charge in [0.25, 0.3) is 5.91 Å². The molecule has 1 saturated heterocycles. The second-order valence-corrected chi connectivity index (χ2v) is 8.07. The number of carbonyl (C=O) groups excluding carboxylic acids is 1. The third kappa shape index (κ3) is 5.52. The Morgan fingerprint density at radius 3 is 2.55 bits per heavy atom. The number of benzene rings is 2. The van der Waals surface area contributed by atoms with Crippen molar-refractivity contribution in [1.29, 1.82) is 0 Å². The second-order valence-electron chi connectivity index (χ2n) is 6.39. The fourth-order valence-corrected chi connectivity index (χ4v) is 3.89. The van der Waals surface area contributed by atoms with E-state index in [1.54, 1.807) is 7.05 Å². The normalized spacial score (nSPS) is 15.1. The highest BCUT2D eigenvalue weighted by atomic mass is 32.2. The third-order valence-corrected chi connectivity index (χ3v) is 5.64. The summed E-state index contributed by atoms with van der Waals surface area (Å²) in [6.07, 6.45) is 1.82. The van der Waals surface area contributed by atoms with Crippen molar-refractivity contribution in [3.8, 4) is 17.2 Å². The van der Waals surface area contributed by atoms with Crippen LogP contribution in [0.25, 0.3) is 6.08 Å². The molecule has 0 N–H and O–H groups in total. The van der Waals surface area contributed by atoms with Gasteiger partial charge in [-0.05, 0) is 55.3 Å². The fourth-order valence-electron chi connectivity index (χ4n) is 2.72. The largest absolute Gasteiger partial charge is 0.490 e. The van der Waals surface area contributed by atoms with Gasteiger partial charge in [-0.15, -0.1) is 0 Å². The van der Waals surface area contributed by atoms with Gasteiger partial charge in [0.2, 0.25) is 0 Å². The predicted octanol–water partition coefficient (Wildman–Crippen LogP) is 4.68. The monoisotopic (exact) mass is 429 g/mol. The van der Waals surface area contributed by atoms with E-state index in [1.807, 2.05) is 62.4 Å². The van der Waals surface area contributed by atoms with E-state index in [9.17, 15) is 4.79 Å². The standard InChI is InChI=1S/C22H23NO4S2/c1-4-25-19-13-16(14-20-21(24)23(3)22(28)29-20)8-9-18(19)27-11-10-26-17-7-5-6-15(2)12-17/h5-9,12-14H,4,10-11H2,1-3H3/b20-14+. The van der Waals surface area contributed by atoms with E-state index in [4.69, 9.17) is 26.4 Å². The van der Waals surface area contributed by atoms with Crippen LogP contribution in [0, 0.1) is 6.92 Å². The molecule has 29 heavy (non-hydrogen) atoms. The van der Waals surface area contributed by atoms with Crippen LogP contribution in [0.1, 0.15) is 18.1 Å². The van der Waals surface area contributed by atoms with Gasteiger partial charge in [0.15, 0.2) is 11.5 Å². The van der Waals surface area contributed by atoms with Gasteiger partial charge in [-0.25, -0.2) is 0 Å². The molecule has 7 heteroatoms. The average molecular weight is 430 g/mol. The lowest BCUT2D eigenvalue weighted by molar-refractivity contribution is -0.121. The van der Waals surface area contributed by atoms with Crippen molar-refractivity contribution in [2.45, 2.75) is 13.8 Å². The fraction of sp³-hybridized carbons (Fsp3) is 0.273. The van der Waals surface area contributed by atoms with E-state index in [-0.39, 0.29) is 5.91 Å². The number of aryl methyl sites for hydroxylation is 1. The van der Waals surface area contributed by atoms with Crippen molar-refractivity contribution in [3.63, 3.8) is 0 Å². The highest BCUT2D eigenvalue weighted by Gasteiger charge is 2.28. The van der Waals surface area contributed by atoms with Gasteiger partial charge in [0.1, 0.15) is 23.3 Å². The number of rotatable bonds is 8. The molecule has 1 heterocycles. The molecule has 1 amide bonds. The van der Waals surface area contributed by atoms with Gasteiger partial charge < -0.3 is 14.2 Å². The number of thiocarbonyl (C=S) groups is 1. The molecule has 0 bridgehead atoms. The van der Waals surface area contributed by atoms with Gasteiger partial charge >= 0.3 is 0 Å². The minimum atomic E-state index is -0.0911. The first-order chi connectivity index (χ1) is 14.0. The summed E-state index contributed by atoms with van der Waals surface area (Å²) in [5.74, 6) is 2.00. The molecule has 5 nitrogen and oxygen atoms in total. The highest BCUT2D eigenvalue weighted by molar-refractivity contribution is 8.26. The Labute approximate surface area is 180 Å². The molecule has 0 atom stereocenters. The molecule has 0 aromatic heterocycles. The van der Waals surface area contributed by atoms with E-state index in [0.717, 1.165) is 16.9 Å². The van der Waals surface area contributed by atoms with Gasteiger partial charge in [-0.1, -0.05) is 42.2 Å². The molecule has 152 valence electrons. The Hall–Kier alpha value is -2.51. The van der Waals surface area contributed by atoms with Gasteiger partial charge in [0.05, 0.1) is 11.5 Å². The van der Waals surface area contributed by atoms with Crippen LogP contribution in [0.5, 0.6) is 17.2 Å². The van der Waals surface area contributed by atoms with Crippen molar-refractivity contribution in [2.75, 3.05) is 26.9 Å². The van der Waals surface area contributed by atoms with Crippen LogP contribution in [-0.4, -0.2) is 42.0 Å². The van der Waals surface area contributed by atoms with Crippen LogP contribution < -0.4 is 14.2 Å². The van der Waals surface area contributed by atoms with E-state index < -0.39 is 0 Å². The number of amides is 1. The van der Waals surface area contributed by atoms with Crippen LogP contribution in [0.4, 0.5) is 0 Å². The molecule has 0 saturated carbocycles. The van der Waals surface area contributed by atoms with E-state index in [1.165, 1.54) is 16.7 Å². The first kappa shape index (κ1) is 21.2. The average Bonchev–Trinajstić information content (AvgIpc) is 2.93. The predicted molar refractivity (Wildman–Crippen MR) is 121 cm³/mol. The SMILES string of the molecule is CCOc1cc(/C=C2/SC(=S)N(C)C2=O)ccc1OCCOc1cccc(C)c1. The summed E-state index contributed by atoms with van der Waals surface area (Å²) < 4.78 is 17.8. The van der Waals surface area contributed by atoms with Gasteiger partial charge in [-0.2, -0.15) is 0 Å². The zero-order valence-corrected chi connectivity index (χ0v) is 18.3. The number of hydrogen-bond donors (Lipinski definition) is 0. The zero-order chi connectivity index (χ0) is 20.8. The summed E-state index contributed by atoms with van der Waals surface area (Å²) in [5.41, 5.74) is 2.00. The van der Waals surface area contributed by atoms with Crippen LogP contribution >= 0.6 is 24.0 Å². The Morgan fingerprint density at radius 1 is 1.07 bits per heavy atom. The molecule has 1 fully saturated rings. The van der Waals surface area contributed by atoms with Crippen LogP contribution in [0.2, 0.25) is 0 Å². The second kappa shape index (κ2) is 9.80. The lowest BCUT2D eigenvalue weighted by Crippen LogP contribution is -2.22. The number of carbonyl (C=O) groups is 1. The maximum atomic E-state index is 12.2. The van der Waals surface area contributed by atoms with E-state index in [2.05, 4.69) is 0 Å². The number of thioether (sulfide) groups is 1. The Balaban J connectivity index is 1.65. The van der Waals surface area contributed by atoms with Crippen LogP contribution in [0.3, 0.4) is 0 Å². The summed E-state index contributed by atoms with van der Waals surface area (Å²) in [6, 6.07) is 13.5. The Kier molecular flexibility index (Phi) is 7.17. The minimum absolute atomic E-state index is 0.0911. The van der Waals surface area contributed by atoms with Gasteiger partial charge in [-0.3, -0.25) is 9.69 Å². The third-order valence-electron chi connectivity index (χ3n) is 4.15. The molecular weight excluding hydrogens is 406 g/mol. The maximum absolute atomic E-state index is 12.2. The topological polar surface area (TPSA) is 48.0 Å². The summed E-state index contributed by atoms with van der Waals surface area (Å²) >= 11 is 6.47. The van der Waals surface area contributed by atoms with Crippen molar-refractivity contribution in [2.24, 2.45) is 0 Å². The molecule has 3 rings (SSSR count). The smallest absolute Gasteiger partial charge is 0.265 e. The molecule has 0 aliphatic carbocycles. The number of nitrogens with zero attached hydrogens (tertiary/aromatic N) is 1. The van der Waals surface area contributed by atoms with Crippen molar-refractivity contribution in [1.82, 2.24) is 4.90 Å². The number of ether oxygens (including phenoxy) is 3. The lowest BCUT2D eigenvalue weighted by atomic mass is 10.2. The summed E-state index contributed by atoms with van der Waals surface area (Å²) in [4.78, 5) is 14.3. The highest BCUT2D eigenvalue weighted by Crippen LogP contribution is 2.34. The molecule has 2 aromatic rings. The summed E-state index contributed by atoms with van der Waals surface area (Å²) in [6.45, 7) is 5.27.